The monoisotopic (exact) mass is 345 g/mol. The molecule has 0 spiro atoms. The Morgan fingerprint density at radius 2 is 1.95 bits per heavy atom. The number of thiophene rings is 1. The first-order valence-corrected chi connectivity index (χ1v) is 8.27. The Hall–Kier alpha value is -1.16. The van der Waals surface area contributed by atoms with Gasteiger partial charge in [0.05, 0.1) is 6.04 Å². The molecule has 0 bridgehead atoms. The summed E-state index contributed by atoms with van der Waals surface area (Å²) in [7, 11) is 2.03. The third-order valence-electron chi connectivity index (χ3n) is 3.65. The van der Waals surface area contributed by atoms with E-state index in [4.69, 9.17) is 0 Å². The second-order valence-corrected chi connectivity index (χ2v) is 6.74. The zero-order chi connectivity index (χ0) is 14.1. The van der Waals surface area contributed by atoms with Gasteiger partial charge in [-0.3, -0.25) is 0 Å². The molecule has 20 heavy (non-hydrogen) atoms. The van der Waals surface area contributed by atoms with E-state index in [1.165, 1.54) is 26.8 Å². The predicted molar refractivity (Wildman–Crippen MR) is 91.6 cm³/mol. The van der Waals surface area contributed by atoms with Crippen molar-refractivity contribution >= 4 is 37.4 Å². The average molecular weight is 346 g/mol. The molecule has 0 radical (unpaired) electrons. The molecule has 3 rings (SSSR count). The summed E-state index contributed by atoms with van der Waals surface area (Å²) >= 11 is 5.35. The zero-order valence-corrected chi connectivity index (χ0v) is 13.9. The summed E-state index contributed by atoms with van der Waals surface area (Å²) in [6.45, 7) is 2.17. The van der Waals surface area contributed by atoms with Crippen molar-refractivity contribution in [2.24, 2.45) is 0 Å². The lowest BCUT2D eigenvalue weighted by Crippen LogP contribution is -2.18. The summed E-state index contributed by atoms with van der Waals surface area (Å²) in [6.07, 6.45) is 0. The molecule has 1 atom stereocenters. The lowest BCUT2D eigenvalue weighted by Gasteiger charge is -2.20. The van der Waals surface area contributed by atoms with Crippen LogP contribution in [0.4, 0.5) is 0 Å². The first-order valence-electron chi connectivity index (χ1n) is 6.60. The molecule has 1 heterocycles. The smallest absolute Gasteiger partial charge is 0.0591 e. The van der Waals surface area contributed by atoms with Crippen LogP contribution >= 0.6 is 27.3 Å². The van der Waals surface area contributed by atoms with E-state index >= 15 is 0 Å². The molecule has 0 aliphatic carbocycles. The highest BCUT2D eigenvalue weighted by atomic mass is 79.9. The van der Waals surface area contributed by atoms with Crippen molar-refractivity contribution < 1.29 is 0 Å². The number of rotatable bonds is 3. The minimum Gasteiger partial charge on any atom is -0.309 e. The molecular formula is C17H16BrNS. The first-order chi connectivity index (χ1) is 9.70. The minimum absolute atomic E-state index is 0.227. The van der Waals surface area contributed by atoms with Crippen LogP contribution in [0.5, 0.6) is 0 Å². The summed E-state index contributed by atoms with van der Waals surface area (Å²) in [4.78, 5) is 0. The molecule has 0 fully saturated rings. The highest BCUT2D eigenvalue weighted by molar-refractivity contribution is 9.10. The third kappa shape index (κ3) is 2.41. The van der Waals surface area contributed by atoms with Crippen molar-refractivity contribution in [1.82, 2.24) is 5.32 Å². The highest BCUT2D eigenvalue weighted by Crippen LogP contribution is 2.33. The summed E-state index contributed by atoms with van der Waals surface area (Å²) in [5, 5.41) is 6.95. The van der Waals surface area contributed by atoms with Crippen molar-refractivity contribution in [2.45, 2.75) is 13.0 Å². The zero-order valence-electron chi connectivity index (χ0n) is 11.5. The molecule has 0 saturated heterocycles. The predicted octanol–water partition coefficient (Wildman–Crippen LogP) is 5.28. The van der Waals surface area contributed by atoms with E-state index in [2.05, 4.69) is 76.0 Å². The van der Waals surface area contributed by atoms with Crippen LogP contribution in [-0.2, 0) is 0 Å². The number of hydrogen-bond donors (Lipinski definition) is 1. The average Bonchev–Trinajstić information content (AvgIpc) is 2.91. The number of benzene rings is 2. The van der Waals surface area contributed by atoms with E-state index in [1.807, 2.05) is 18.4 Å². The van der Waals surface area contributed by atoms with Gasteiger partial charge in [0.1, 0.15) is 0 Å². The summed E-state index contributed by atoms with van der Waals surface area (Å²) < 4.78 is 2.50. The van der Waals surface area contributed by atoms with Crippen LogP contribution in [-0.4, -0.2) is 7.05 Å². The normalized spacial score (nSPS) is 12.8. The van der Waals surface area contributed by atoms with Crippen LogP contribution in [0.15, 0.2) is 52.3 Å². The van der Waals surface area contributed by atoms with Crippen molar-refractivity contribution in [3.63, 3.8) is 0 Å². The highest BCUT2D eigenvalue weighted by Gasteiger charge is 2.17. The van der Waals surface area contributed by atoms with Crippen LogP contribution in [0.2, 0.25) is 0 Å². The largest absolute Gasteiger partial charge is 0.309 e. The van der Waals surface area contributed by atoms with Gasteiger partial charge in [-0.15, -0.1) is 11.3 Å². The maximum atomic E-state index is 3.54. The van der Waals surface area contributed by atoms with Crippen molar-refractivity contribution in [3.05, 3.63) is 69.0 Å². The Labute approximate surface area is 131 Å². The van der Waals surface area contributed by atoms with Gasteiger partial charge in [0.25, 0.3) is 0 Å². The molecule has 102 valence electrons. The molecule has 0 aliphatic rings. The molecule has 0 saturated carbocycles. The van der Waals surface area contributed by atoms with E-state index in [1.54, 1.807) is 0 Å². The lowest BCUT2D eigenvalue weighted by molar-refractivity contribution is 0.693. The molecule has 0 aliphatic heterocycles. The van der Waals surface area contributed by atoms with Crippen LogP contribution in [0.1, 0.15) is 22.7 Å². The maximum Gasteiger partial charge on any atom is 0.0591 e. The molecule has 1 unspecified atom stereocenters. The fourth-order valence-corrected chi connectivity index (χ4v) is 4.11. The number of nitrogens with one attached hydrogen (secondary N) is 1. The Kier molecular flexibility index (Phi) is 3.92. The summed E-state index contributed by atoms with van der Waals surface area (Å²) in [5.74, 6) is 0. The van der Waals surface area contributed by atoms with Gasteiger partial charge in [-0.1, -0.05) is 40.2 Å². The van der Waals surface area contributed by atoms with E-state index in [9.17, 15) is 0 Å². The number of aryl methyl sites for hydroxylation is 1. The standard InChI is InChI=1S/C17H16BrNS/c1-11-10-13(18)6-7-14(11)16(19-2)15-5-3-4-12-8-9-20-17(12)15/h3-10,16,19H,1-2H3. The summed E-state index contributed by atoms with van der Waals surface area (Å²) in [5.41, 5.74) is 3.98. The molecule has 3 aromatic rings. The van der Waals surface area contributed by atoms with E-state index in [-0.39, 0.29) is 6.04 Å². The van der Waals surface area contributed by atoms with Crippen LogP contribution in [0.3, 0.4) is 0 Å². The van der Waals surface area contributed by atoms with Gasteiger partial charge in [0.15, 0.2) is 0 Å². The van der Waals surface area contributed by atoms with Gasteiger partial charge in [-0.05, 0) is 59.6 Å². The number of fused-ring (bicyclic) bond motifs is 1. The van der Waals surface area contributed by atoms with Gasteiger partial charge in [0.2, 0.25) is 0 Å². The van der Waals surface area contributed by atoms with E-state index in [0.717, 1.165) is 4.47 Å². The van der Waals surface area contributed by atoms with Crippen LogP contribution in [0, 0.1) is 6.92 Å². The van der Waals surface area contributed by atoms with Crippen molar-refractivity contribution in [1.29, 1.82) is 0 Å². The molecule has 1 N–H and O–H groups in total. The van der Waals surface area contributed by atoms with Crippen molar-refractivity contribution in [2.75, 3.05) is 7.05 Å². The maximum absolute atomic E-state index is 3.54. The minimum atomic E-state index is 0.227. The Bertz CT molecular complexity index is 748. The second kappa shape index (κ2) is 5.68. The van der Waals surface area contributed by atoms with Gasteiger partial charge < -0.3 is 5.32 Å². The second-order valence-electron chi connectivity index (χ2n) is 4.91. The number of hydrogen-bond acceptors (Lipinski definition) is 2. The molecular weight excluding hydrogens is 330 g/mol. The van der Waals surface area contributed by atoms with E-state index in [0.29, 0.717) is 0 Å². The van der Waals surface area contributed by atoms with Crippen LogP contribution in [0.25, 0.3) is 10.1 Å². The fraction of sp³-hybridized carbons (Fsp3) is 0.176. The Morgan fingerprint density at radius 1 is 1.10 bits per heavy atom. The van der Waals surface area contributed by atoms with Gasteiger partial charge in [-0.2, -0.15) is 0 Å². The lowest BCUT2D eigenvalue weighted by atomic mass is 9.94. The number of halogens is 1. The molecule has 1 aromatic heterocycles. The van der Waals surface area contributed by atoms with Crippen LogP contribution < -0.4 is 5.32 Å². The quantitative estimate of drug-likeness (QED) is 0.680. The van der Waals surface area contributed by atoms with Gasteiger partial charge in [0, 0.05) is 9.17 Å². The van der Waals surface area contributed by atoms with Gasteiger partial charge >= 0.3 is 0 Å². The Balaban J connectivity index is 2.16. The summed E-state index contributed by atoms with van der Waals surface area (Å²) in [6, 6.07) is 15.4. The van der Waals surface area contributed by atoms with E-state index < -0.39 is 0 Å². The first kappa shape index (κ1) is 13.8. The molecule has 1 nitrogen and oxygen atoms in total. The van der Waals surface area contributed by atoms with Gasteiger partial charge in [-0.25, -0.2) is 0 Å². The third-order valence-corrected chi connectivity index (χ3v) is 5.12. The fourth-order valence-electron chi connectivity index (χ4n) is 2.69. The SMILES string of the molecule is CNC(c1ccc(Br)cc1C)c1cccc2ccsc12. The molecule has 3 heteroatoms. The Morgan fingerprint density at radius 3 is 2.70 bits per heavy atom. The molecule has 0 amide bonds. The topological polar surface area (TPSA) is 12.0 Å². The molecule has 2 aromatic carbocycles. The van der Waals surface area contributed by atoms with Crippen molar-refractivity contribution in [3.8, 4) is 0 Å².